The van der Waals surface area contributed by atoms with Gasteiger partial charge in [0.1, 0.15) is 11.4 Å². The second-order valence-electron chi connectivity index (χ2n) is 4.96. The van der Waals surface area contributed by atoms with Gasteiger partial charge in [-0.2, -0.15) is 0 Å². The van der Waals surface area contributed by atoms with Crippen LogP contribution in [-0.4, -0.2) is 24.8 Å². The van der Waals surface area contributed by atoms with Crippen LogP contribution in [0.15, 0.2) is 32.9 Å². The van der Waals surface area contributed by atoms with Crippen LogP contribution in [0.4, 0.5) is 5.69 Å². The van der Waals surface area contributed by atoms with Gasteiger partial charge in [-0.3, -0.25) is 4.85 Å². The molecule has 124 valence electrons. The molecule has 0 aliphatic heterocycles. The smallest absolute Gasteiger partial charge is 0.439 e. The Labute approximate surface area is 144 Å². The molecule has 1 unspecified atom stereocenters. The third kappa shape index (κ3) is 4.52. The van der Waals surface area contributed by atoms with Crippen molar-refractivity contribution in [3.05, 3.63) is 34.1 Å². The second kappa shape index (κ2) is 8.63. The van der Waals surface area contributed by atoms with Crippen LogP contribution >= 0.6 is 15.9 Å². The van der Waals surface area contributed by atoms with Gasteiger partial charge in [0.2, 0.25) is 0 Å². The average Bonchev–Trinajstić information content (AvgIpc) is 2.50. The van der Waals surface area contributed by atoms with E-state index in [9.17, 15) is 4.79 Å². The van der Waals surface area contributed by atoms with E-state index in [4.69, 9.17) is 16.0 Å². The summed E-state index contributed by atoms with van der Waals surface area (Å²) in [5.41, 5.74) is -1.24. The summed E-state index contributed by atoms with van der Waals surface area (Å²) in [6.45, 7) is 15.1. The number of carbonyl (C=O) groups is 1. The Morgan fingerprint density at radius 1 is 1.39 bits per heavy atom. The Morgan fingerprint density at radius 2 is 2.09 bits per heavy atom. The Morgan fingerprint density at radius 3 is 2.61 bits per heavy atom. The molecule has 0 bridgehead atoms. The lowest BCUT2D eigenvalue weighted by atomic mass is 9.98. The third-order valence-electron chi connectivity index (χ3n) is 3.08. The molecule has 23 heavy (non-hydrogen) atoms. The van der Waals surface area contributed by atoms with E-state index < -0.39 is 11.6 Å². The molecule has 0 radical (unpaired) electrons. The maximum Gasteiger partial charge on any atom is 0.439 e. The zero-order chi connectivity index (χ0) is 17.5. The zero-order valence-electron chi connectivity index (χ0n) is 13.7. The maximum atomic E-state index is 12.2. The summed E-state index contributed by atoms with van der Waals surface area (Å²) < 4.78 is 11.3. The minimum Gasteiger partial charge on any atom is -0.492 e. The number of benzene rings is 1. The third-order valence-corrected chi connectivity index (χ3v) is 3.58. The van der Waals surface area contributed by atoms with Gasteiger partial charge in [-0.25, -0.2) is 11.4 Å². The average molecular weight is 382 g/mol. The fourth-order valence-corrected chi connectivity index (χ4v) is 2.14. The van der Waals surface area contributed by atoms with E-state index in [-0.39, 0.29) is 12.5 Å². The summed E-state index contributed by atoms with van der Waals surface area (Å²) in [5.74, 6) is -0.547. The van der Waals surface area contributed by atoms with Crippen LogP contribution < -0.4 is 4.74 Å². The second-order valence-corrected chi connectivity index (χ2v) is 5.87. The number of azo groups is 1. The number of rotatable bonds is 7. The molecule has 0 fully saturated rings. The van der Waals surface area contributed by atoms with Gasteiger partial charge in [-0.05, 0) is 32.0 Å². The van der Waals surface area contributed by atoms with Crippen molar-refractivity contribution in [1.82, 2.24) is 0 Å². The van der Waals surface area contributed by atoms with Crippen LogP contribution in [0.25, 0.3) is 4.85 Å². The zero-order valence-corrected chi connectivity index (χ0v) is 15.3. The molecule has 0 aliphatic carbocycles. The number of hydrogen-bond acceptors (Lipinski definition) is 5. The first-order valence-electron chi connectivity index (χ1n) is 7.32. The Bertz CT molecular complexity index is 625. The molecule has 0 spiro atoms. The first-order chi connectivity index (χ1) is 10.9. The van der Waals surface area contributed by atoms with E-state index in [1.165, 1.54) is 0 Å². The molecule has 1 aromatic carbocycles. The van der Waals surface area contributed by atoms with Crippen molar-refractivity contribution in [2.45, 2.75) is 33.4 Å². The minimum atomic E-state index is -1.69. The predicted octanol–water partition coefficient (Wildman–Crippen LogP) is 4.77. The van der Waals surface area contributed by atoms with E-state index in [0.717, 1.165) is 4.47 Å². The number of ether oxygens (including phenoxy) is 2. The summed E-state index contributed by atoms with van der Waals surface area (Å²) in [6.07, 6.45) is 0. The fraction of sp³-hybridized carbons (Fsp3) is 0.500. The van der Waals surface area contributed by atoms with Gasteiger partial charge in [-0.1, -0.05) is 34.9 Å². The van der Waals surface area contributed by atoms with Crippen LogP contribution in [0, 0.1) is 12.5 Å². The summed E-state index contributed by atoms with van der Waals surface area (Å²) in [5, 5.41) is 8.13. The van der Waals surface area contributed by atoms with Crippen molar-refractivity contribution in [3.63, 3.8) is 0 Å². The first-order valence-corrected chi connectivity index (χ1v) is 8.11. The summed E-state index contributed by atoms with van der Waals surface area (Å²) in [4.78, 5) is 15.6. The van der Waals surface area contributed by atoms with Crippen molar-refractivity contribution >= 4 is 27.6 Å². The molecule has 0 heterocycles. The standard InChI is InChI=1S/C16H20BrN3O3/c1-6-22-14-10-12(17)8-9-13(14)19-20-16(18-5,11(3)4)15(21)23-7-2/h8-11H,6-7H2,1-4H3. The van der Waals surface area contributed by atoms with E-state index in [2.05, 4.69) is 31.0 Å². The molecule has 0 saturated carbocycles. The Hall–Kier alpha value is -1.94. The largest absolute Gasteiger partial charge is 0.492 e. The minimum absolute atomic E-state index is 0.181. The van der Waals surface area contributed by atoms with Crippen molar-refractivity contribution in [3.8, 4) is 5.75 Å². The maximum absolute atomic E-state index is 12.2. The van der Waals surface area contributed by atoms with E-state index in [1.807, 2.05) is 6.92 Å². The highest BCUT2D eigenvalue weighted by molar-refractivity contribution is 9.10. The molecule has 6 nitrogen and oxygen atoms in total. The monoisotopic (exact) mass is 381 g/mol. The van der Waals surface area contributed by atoms with Crippen LogP contribution in [-0.2, 0) is 9.53 Å². The highest BCUT2D eigenvalue weighted by Crippen LogP contribution is 2.34. The van der Waals surface area contributed by atoms with Crippen molar-refractivity contribution in [2.24, 2.45) is 16.1 Å². The topological polar surface area (TPSA) is 64.6 Å². The SMILES string of the molecule is [C-]#[N+]C(N=Nc1ccc(Br)cc1OCC)(C(=O)OCC)C(C)C. The lowest BCUT2D eigenvalue weighted by molar-refractivity contribution is -0.149. The van der Waals surface area contributed by atoms with E-state index >= 15 is 0 Å². The quantitative estimate of drug-likeness (QED) is 0.388. The molecule has 7 heteroatoms. The van der Waals surface area contributed by atoms with Crippen LogP contribution in [0.3, 0.4) is 0 Å². The molecule has 1 atom stereocenters. The van der Waals surface area contributed by atoms with Gasteiger partial charge < -0.3 is 9.47 Å². The van der Waals surface area contributed by atoms with Gasteiger partial charge in [0.15, 0.2) is 0 Å². The number of nitrogens with zero attached hydrogens (tertiary/aromatic N) is 3. The first kappa shape index (κ1) is 19.1. The van der Waals surface area contributed by atoms with Gasteiger partial charge >= 0.3 is 11.6 Å². The normalized spacial score (nSPS) is 13.6. The van der Waals surface area contributed by atoms with Gasteiger partial charge in [-0.15, -0.1) is 5.11 Å². The van der Waals surface area contributed by atoms with Crippen molar-refractivity contribution in [2.75, 3.05) is 13.2 Å². The molecule has 0 N–H and O–H groups in total. The number of hydrogen-bond donors (Lipinski definition) is 0. The van der Waals surface area contributed by atoms with Crippen LogP contribution in [0.2, 0.25) is 0 Å². The highest BCUT2D eigenvalue weighted by Gasteiger charge is 2.51. The molecular weight excluding hydrogens is 362 g/mol. The van der Waals surface area contributed by atoms with Gasteiger partial charge in [0, 0.05) is 4.47 Å². The molecule has 0 aliphatic rings. The lowest BCUT2D eigenvalue weighted by Crippen LogP contribution is -2.40. The molecule has 0 aromatic heterocycles. The number of halogens is 1. The van der Waals surface area contributed by atoms with Crippen LogP contribution in [0.1, 0.15) is 27.7 Å². The summed E-state index contributed by atoms with van der Waals surface area (Å²) >= 11 is 3.36. The Balaban J connectivity index is 3.26. The van der Waals surface area contributed by atoms with Crippen molar-refractivity contribution in [1.29, 1.82) is 0 Å². The Kier molecular flexibility index (Phi) is 7.17. The summed E-state index contributed by atoms with van der Waals surface area (Å²) in [6, 6.07) is 5.26. The number of esters is 1. The lowest BCUT2D eigenvalue weighted by Gasteiger charge is -2.18. The highest BCUT2D eigenvalue weighted by atomic mass is 79.9. The van der Waals surface area contributed by atoms with Crippen molar-refractivity contribution < 1.29 is 14.3 Å². The number of carbonyl (C=O) groups excluding carboxylic acids is 1. The van der Waals surface area contributed by atoms with Gasteiger partial charge in [0.05, 0.1) is 19.1 Å². The molecule has 1 aromatic rings. The van der Waals surface area contributed by atoms with Crippen LogP contribution in [0.5, 0.6) is 5.75 Å². The molecular formula is C16H20BrN3O3. The molecule has 0 saturated heterocycles. The predicted molar refractivity (Wildman–Crippen MR) is 90.6 cm³/mol. The summed E-state index contributed by atoms with van der Waals surface area (Å²) in [7, 11) is 0. The van der Waals surface area contributed by atoms with Gasteiger partial charge in [0.25, 0.3) is 0 Å². The fourth-order valence-electron chi connectivity index (χ4n) is 1.80. The molecule has 1 rings (SSSR count). The molecule has 0 amide bonds. The van der Waals surface area contributed by atoms with E-state index in [0.29, 0.717) is 18.0 Å². The van der Waals surface area contributed by atoms with E-state index in [1.54, 1.807) is 39.0 Å².